The first-order valence-corrected chi connectivity index (χ1v) is 8.90. The summed E-state index contributed by atoms with van der Waals surface area (Å²) in [5.41, 5.74) is 7.92. The highest BCUT2D eigenvalue weighted by Crippen LogP contribution is 2.27. The van der Waals surface area contributed by atoms with Gasteiger partial charge in [0.1, 0.15) is 5.75 Å². The molecule has 1 amide bonds. The number of hydrogen-bond donors (Lipinski definition) is 1. The second kappa shape index (κ2) is 7.18. The van der Waals surface area contributed by atoms with Gasteiger partial charge in [0, 0.05) is 18.8 Å². The van der Waals surface area contributed by atoms with E-state index in [9.17, 15) is 4.79 Å². The van der Waals surface area contributed by atoms with Crippen molar-refractivity contribution in [3.05, 3.63) is 48.5 Å². The van der Waals surface area contributed by atoms with Crippen molar-refractivity contribution in [1.29, 1.82) is 0 Å². The number of piperidine rings is 1. The number of carbonyl (C=O) groups is 1. The molecule has 1 aliphatic heterocycles. The maximum Gasteiger partial charge on any atom is 0.261 e. The molecule has 2 aromatic rings. The molecule has 2 aromatic carbocycles. The summed E-state index contributed by atoms with van der Waals surface area (Å²) in [4.78, 5) is 13.8. The van der Waals surface area contributed by atoms with Gasteiger partial charge in [-0.1, -0.05) is 24.3 Å². The lowest BCUT2D eigenvalue weighted by atomic mass is 10.0. The van der Waals surface area contributed by atoms with Gasteiger partial charge in [0.2, 0.25) is 0 Å². The molecule has 1 fully saturated rings. The molecule has 4 nitrogen and oxygen atoms in total. The van der Waals surface area contributed by atoms with E-state index in [-0.39, 0.29) is 0 Å². The van der Waals surface area contributed by atoms with Crippen molar-refractivity contribution in [3.8, 4) is 16.9 Å². The minimum Gasteiger partial charge on any atom is -0.478 e. The molecule has 0 spiro atoms. The molecule has 0 radical (unpaired) electrons. The van der Waals surface area contributed by atoms with Crippen LogP contribution in [-0.4, -0.2) is 24.6 Å². The maximum atomic E-state index is 11.4. The first-order valence-electron chi connectivity index (χ1n) is 8.90. The number of carbonyl (C=O) groups excluding carboxylic acids is 1. The maximum absolute atomic E-state index is 11.4. The summed E-state index contributed by atoms with van der Waals surface area (Å²) in [5, 5.41) is 0. The van der Waals surface area contributed by atoms with Gasteiger partial charge in [-0.05, 0) is 68.5 Å². The van der Waals surface area contributed by atoms with Gasteiger partial charge in [-0.25, -0.2) is 0 Å². The number of amides is 1. The molecule has 0 aliphatic carbocycles. The van der Waals surface area contributed by atoms with E-state index in [0.717, 1.165) is 18.7 Å². The Balaban J connectivity index is 1.70. The average Bonchev–Trinajstić information content (AvgIpc) is 2.63. The second-order valence-electron chi connectivity index (χ2n) is 7.10. The van der Waals surface area contributed by atoms with Crippen molar-refractivity contribution in [1.82, 2.24) is 0 Å². The SMILES string of the molecule is CC(C)(Oc1ccc(-c2ccc(N3CCCCC3)cc2)cc1)C(N)=O. The van der Waals surface area contributed by atoms with Crippen LogP contribution >= 0.6 is 0 Å². The summed E-state index contributed by atoms with van der Waals surface area (Å²) in [6.45, 7) is 5.65. The smallest absolute Gasteiger partial charge is 0.261 e. The number of benzene rings is 2. The molecule has 0 saturated carbocycles. The fourth-order valence-corrected chi connectivity index (χ4v) is 3.08. The number of hydrogen-bond acceptors (Lipinski definition) is 3. The Hall–Kier alpha value is -2.49. The summed E-state index contributed by atoms with van der Waals surface area (Å²) in [6, 6.07) is 16.5. The Morgan fingerprint density at radius 1 is 0.920 bits per heavy atom. The lowest BCUT2D eigenvalue weighted by molar-refractivity contribution is -0.130. The summed E-state index contributed by atoms with van der Waals surface area (Å²) in [5.74, 6) is 0.155. The van der Waals surface area contributed by atoms with Gasteiger partial charge in [-0.15, -0.1) is 0 Å². The van der Waals surface area contributed by atoms with Crippen LogP contribution in [0.2, 0.25) is 0 Å². The summed E-state index contributed by atoms with van der Waals surface area (Å²) < 4.78 is 5.67. The summed E-state index contributed by atoms with van der Waals surface area (Å²) in [6.07, 6.45) is 3.91. The fourth-order valence-electron chi connectivity index (χ4n) is 3.08. The molecule has 1 aliphatic rings. The molecule has 1 heterocycles. The van der Waals surface area contributed by atoms with Crippen molar-refractivity contribution in [3.63, 3.8) is 0 Å². The van der Waals surface area contributed by atoms with Gasteiger partial charge in [-0.2, -0.15) is 0 Å². The van der Waals surface area contributed by atoms with E-state index in [1.807, 2.05) is 24.3 Å². The summed E-state index contributed by atoms with van der Waals surface area (Å²) >= 11 is 0. The van der Waals surface area contributed by atoms with Crippen LogP contribution in [0.4, 0.5) is 5.69 Å². The monoisotopic (exact) mass is 338 g/mol. The van der Waals surface area contributed by atoms with Crippen LogP contribution in [0, 0.1) is 0 Å². The molecule has 4 heteroatoms. The minimum absolute atomic E-state index is 0.482. The van der Waals surface area contributed by atoms with Crippen molar-refractivity contribution in [2.24, 2.45) is 5.73 Å². The molecular formula is C21H26N2O2. The number of ether oxygens (including phenoxy) is 1. The van der Waals surface area contributed by atoms with E-state index in [1.54, 1.807) is 13.8 Å². The van der Waals surface area contributed by atoms with Crippen LogP contribution in [0.15, 0.2) is 48.5 Å². The Kier molecular flexibility index (Phi) is 4.98. The third-order valence-electron chi connectivity index (χ3n) is 4.74. The quantitative estimate of drug-likeness (QED) is 0.897. The third kappa shape index (κ3) is 4.13. The van der Waals surface area contributed by atoms with Gasteiger partial charge >= 0.3 is 0 Å². The lowest BCUT2D eigenvalue weighted by Gasteiger charge is -2.28. The highest BCUT2D eigenvalue weighted by molar-refractivity contribution is 5.82. The van der Waals surface area contributed by atoms with Gasteiger partial charge in [0.25, 0.3) is 5.91 Å². The zero-order chi connectivity index (χ0) is 17.9. The largest absolute Gasteiger partial charge is 0.478 e. The third-order valence-corrected chi connectivity index (χ3v) is 4.74. The molecule has 0 unspecified atom stereocenters. The molecule has 132 valence electrons. The number of nitrogens with two attached hydrogens (primary N) is 1. The van der Waals surface area contributed by atoms with Crippen LogP contribution in [0.1, 0.15) is 33.1 Å². The Morgan fingerprint density at radius 2 is 1.44 bits per heavy atom. The molecule has 1 saturated heterocycles. The van der Waals surface area contributed by atoms with E-state index in [2.05, 4.69) is 29.2 Å². The minimum atomic E-state index is -1.02. The number of primary amides is 1. The molecule has 3 rings (SSSR count). The van der Waals surface area contributed by atoms with E-state index < -0.39 is 11.5 Å². The highest BCUT2D eigenvalue weighted by atomic mass is 16.5. The zero-order valence-corrected chi connectivity index (χ0v) is 15.0. The topological polar surface area (TPSA) is 55.6 Å². The van der Waals surface area contributed by atoms with Crippen LogP contribution in [0.5, 0.6) is 5.75 Å². The van der Waals surface area contributed by atoms with Crippen LogP contribution in [0.3, 0.4) is 0 Å². The number of rotatable bonds is 5. The summed E-state index contributed by atoms with van der Waals surface area (Å²) in [7, 11) is 0. The van der Waals surface area contributed by atoms with Crippen molar-refractivity contribution in [2.75, 3.05) is 18.0 Å². The lowest BCUT2D eigenvalue weighted by Crippen LogP contribution is -2.43. The van der Waals surface area contributed by atoms with Gasteiger partial charge in [-0.3, -0.25) is 4.79 Å². The highest BCUT2D eigenvalue weighted by Gasteiger charge is 2.26. The van der Waals surface area contributed by atoms with E-state index >= 15 is 0 Å². The number of anilines is 1. The van der Waals surface area contributed by atoms with Gasteiger partial charge < -0.3 is 15.4 Å². The second-order valence-corrected chi connectivity index (χ2v) is 7.10. The predicted molar refractivity (Wildman–Crippen MR) is 102 cm³/mol. The molecule has 25 heavy (non-hydrogen) atoms. The van der Waals surface area contributed by atoms with E-state index in [0.29, 0.717) is 5.75 Å². The standard InChI is InChI=1S/C21H26N2O2/c1-21(2,20(22)24)25-19-12-8-17(9-13-19)16-6-10-18(11-7-16)23-14-4-3-5-15-23/h6-13H,3-5,14-15H2,1-2H3,(H2,22,24). The Bertz CT molecular complexity index is 715. The van der Waals surface area contributed by atoms with E-state index in [1.165, 1.54) is 30.5 Å². The predicted octanol–water partition coefficient (Wildman–Crippen LogP) is 3.99. The van der Waals surface area contributed by atoms with Crippen molar-refractivity contribution in [2.45, 2.75) is 38.7 Å². The zero-order valence-electron chi connectivity index (χ0n) is 15.0. The molecular weight excluding hydrogens is 312 g/mol. The normalized spacial score (nSPS) is 15.0. The molecule has 0 aromatic heterocycles. The first-order chi connectivity index (χ1) is 12.0. The Morgan fingerprint density at radius 3 is 1.96 bits per heavy atom. The van der Waals surface area contributed by atoms with Crippen LogP contribution < -0.4 is 15.4 Å². The fraction of sp³-hybridized carbons (Fsp3) is 0.381. The molecule has 0 bridgehead atoms. The molecule has 2 N–H and O–H groups in total. The van der Waals surface area contributed by atoms with Gasteiger partial charge in [0.05, 0.1) is 0 Å². The number of nitrogens with zero attached hydrogens (tertiary/aromatic N) is 1. The first kappa shape index (κ1) is 17.3. The Labute approximate surface area is 149 Å². The van der Waals surface area contributed by atoms with E-state index in [4.69, 9.17) is 10.5 Å². The average molecular weight is 338 g/mol. The van der Waals surface area contributed by atoms with Gasteiger partial charge in [0.15, 0.2) is 5.60 Å². The van der Waals surface area contributed by atoms with Crippen LogP contribution in [-0.2, 0) is 4.79 Å². The van der Waals surface area contributed by atoms with Crippen LogP contribution in [0.25, 0.3) is 11.1 Å². The molecule has 0 atom stereocenters. The van der Waals surface area contributed by atoms with Crippen molar-refractivity contribution >= 4 is 11.6 Å². The van der Waals surface area contributed by atoms with Crippen molar-refractivity contribution < 1.29 is 9.53 Å².